The molecule has 0 saturated heterocycles. The molecule has 3 heteroatoms. The summed E-state index contributed by atoms with van der Waals surface area (Å²) >= 11 is 0. The minimum atomic E-state index is 0.987. The average molecular weight is 159 g/mol. The summed E-state index contributed by atoms with van der Waals surface area (Å²) in [5.74, 6) is 0.987. The number of nitrogens with zero attached hydrogens (tertiary/aromatic N) is 1. The number of hydrogen-bond acceptors (Lipinski definition) is 2. The highest BCUT2D eigenvalue weighted by Crippen LogP contribution is 2.11. The van der Waals surface area contributed by atoms with Crippen molar-refractivity contribution in [1.29, 1.82) is 0 Å². The zero-order valence-corrected chi connectivity index (χ0v) is 6.49. The molecule has 0 aromatic carbocycles. The topological polar surface area (TPSA) is 40.7 Å². The molecule has 2 rings (SSSR count). The third-order valence-corrected chi connectivity index (χ3v) is 1.56. The van der Waals surface area contributed by atoms with Crippen LogP contribution in [0.15, 0.2) is 42.9 Å². The van der Waals surface area contributed by atoms with Crippen LogP contribution in [0, 0.1) is 0 Å². The molecule has 0 fully saturated rings. The van der Waals surface area contributed by atoms with E-state index in [1.165, 1.54) is 0 Å². The minimum absolute atomic E-state index is 0.987. The Balaban J connectivity index is 2.15. The number of aromatic nitrogens is 2. The molecular weight excluding hydrogens is 150 g/mol. The molecule has 0 atom stereocenters. The molecule has 12 heavy (non-hydrogen) atoms. The first kappa shape index (κ1) is 6.91. The summed E-state index contributed by atoms with van der Waals surface area (Å²) in [6.07, 6.45) is 5.39. The van der Waals surface area contributed by atoms with Gasteiger partial charge in [0, 0.05) is 24.3 Å². The molecule has 2 heterocycles. The van der Waals surface area contributed by atoms with Crippen molar-refractivity contribution in [3.8, 4) is 0 Å². The normalized spacial score (nSPS) is 9.67. The van der Waals surface area contributed by atoms with Crippen molar-refractivity contribution in [2.24, 2.45) is 0 Å². The average Bonchev–Trinajstić information content (AvgIpc) is 2.59. The van der Waals surface area contributed by atoms with Gasteiger partial charge in [0.25, 0.3) is 0 Å². The van der Waals surface area contributed by atoms with Crippen LogP contribution in [0.5, 0.6) is 0 Å². The van der Waals surface area contributed by atoms with Gasteiger partial charge >= 0.3 is 0 Å². The van der Waals surface area contributed by atoms with E-state index in [-0.39, 0.29) is 0 Å². The first-order valence-corrected chi connectivity index (χ1v) is 3.75. The fraction of sp³-hybridized carbons (Fsp3) is 0. The molecule has 0 radical (unpaired) electrons. The molecule has 0 aliphatic carbocycles. The minimum Gasteiger partial charge on any atom is -0.348 e. The van der Waals surface area contributed by atoms with Crippen LogP contribution in [-0.2, 0) is 0 Å². The number of hydrogen-bond donors (Lipinski definition) is 2. The summed E-state index contributed by atoms with van der Waals surface area (Å²) in [6.45, 7) is 0. The number of rotatable bonds is 2. The molecule has 2 aromatic heterocycles. The van der Waals surface area contributed by atoms with E-state index >= 15 is 0 Å². The summed E-state index contributed by atoms with van der Waals surface area (Å²) in [7, 11) is 0. The molecule has 0 saturated carbocycles. The summed E-state index contributed by atoms with van der Waals surface area (Å²) < 4.78 is 0. The predicted molar refractivity (Wildman–Crippen MR) is 48.3 cm³/mol. The molecule has 0 aliphatic rings. The Bertz CT molecular complexity index is 326. The Labute approximate surface area is 70.5 Å². The second-order valence-electron chi connectivity index (χ2n) is 2.44. The molecule has 0 unspecified atom stereocenters. The molecule has 0 aliphatic heterocycles. The van der Waals surface area contributed by atoms with Gasteiger partial charge in [-0.1, -0.05) is 0 Å². The molecule has 0 amide bonds. The van der Waals surface area contributed by atoms with Crippen molar-refractivity contribution in [1.82, 2.24) is 9.97 Å². The van der Waals surface area contributed by atoms with Gasteiger partial charge in [-0.05, 0) is 24.3 Å². The number of H-pyrrole nitrogens is 1. The van der Waals surface area contributed by atoms with Gasteiger partial charge in [0.05, 0.1) is 0 Å². The maximum absolute atomic E-state index is 3.92. The highest BCUT2D eigenvalue weighted by atomic mass is 15.0. The van der Waals surface area contributed by atoms with Crippen LogP contribution in [0.1, 0.15) is 0 Å². The van der Waals surface area contributed by atoms with Gasteiger partial charge in [0.2, 0.25) is 0 Å². The summed E-state index contributed by atoms with van der Waals surface area (Å²) in [5, 5.41) is 3.19. The van der Waals surface area contributed by atoms with E-state index in [1.54, 1.807) is 12.4 Å². The second kappa shape index (κ2) is 3.09. The van der Waals surface area contributed by atoms with Crippen LogP contribution in [-0.4, -0.2) is 9.97 Å². The third-order valence-electron chi connectivity index (χ3n) is 1.56. The SMILES string of the molecule is c1c[nH]c(Nc2ccncc2)c1. The lowest BCUT2D eigenvalue weighted by molar-refractivity contribution is 1.31. The number of pyridine rings is 1. The van der Waals surface area contributed by atoms with E-state index in [4.69, 9.17) is 0 Å². The molecular formula is C9H9N3. The van der Waals surface area contributed by atoms with E-state index < -0.39 is 0 Å². The zero-order valence-electron chi connectivity index (χ0n) is 6.49. The van der Waals surface area contributed by atoms with Crippen LogP contribution in [0.3, 0.4) is 0 Å². The van der Waals surface area contributed by atoms with Crippen molar-refractivity contribution in [3.05, 3.63) is 42.9 Å². The quantitative estimate of drug-likeness (QED) is 0.704. The zero-order chi connectivity index (χ0) is 8.23. The molecule has 60 valence electrons. The lowest BCUT2D eigenvalue weighted by atomic mass is 10.4. The Morgan fingerprint density at radius 2 is 2.00 bits per heavy atom. The van der Waals surface area contributed by atoms with E-state index in [9.17, 15) is 0 Å². The Hall–Kier alpha value is -1.77. The fourth-order valence-corrected chi connectivity index (χ4v) is 0.999. The number of anilines is 2. The van der Waals surface area contributed by atoms with E-state index in [0.29, 0.717) is 0 Å². The maximum Gasteiger partial charge on any atom is 0.107 e. The highest BCUT2D eigenvalue weighted by molar-refractivity contribution is 5.54. The Kier molecular flexibility index (Phi) is 1.78. The van der Waals surface area contributed by atoms with Gasteiger partial charge in [0.1, 0.15) is 5.82 Å². The monoisotopic (exact) mass is 159 g/mol. The van der Waals surface area contributed by atoms with Gasteiger partial charge in [-0.3, -0.25) is 4.98 Å². The summed E-state index contributed by atoms with van der Waals surface area (Å²) in [5.41, 5.74) is 1.03. The predicted octanol–water partition coefficient (Wildman–Crippen LogP) is 2.15. The van der Waals surface area contributed by atoms with Crippen LogP contribution in [0.2, 0.25) is 0 Å². The highest BCUT2D eigenvalue weighted by Gasteiger charge is 1.91. The van der Waals surface area contributed by atoms with Crippen molar-refractivity contribution in [2.75, 3.05) is 5.32 Å². The molecule has 0 spiro atoms. The third kappa shape index (κ3) is 1.45. The Morgan fingerprint density at radius 3 is 2.67 bits per heavy atom. The van der Waals surface area contributed by atoms with Gasteiger partial charge in [-0.2, -0.15) is 0 Å². The van der Waals surface area contributed by atoms with Crippen molar-refractivity contribution >= 4 is 11.5 Å². The van der Waals surface area contributed by atoms with E-state index in [2.05, 4.69) is 15.3 Å². The molecule has 2 N–H and O–H groups in total. The van der Waals surface area contributed by atoms with Crippen LogP contribution >= 0.6 is 0 Å². The van der Waals surface area contributed by atoms with Gasteiger partial charge in [0.15, 0.2) is 0 Å². The smallest absolute Gasteiger partial charge is 0.107 e. The summed E-state index contributed by atoms with van der Waals surface area (Å²) in [6, 6.07) is 7.76. The van der Waals surface area contributed by atoms with Crippen molar-refractivity contribution in [2.45, 2.75) is 0 Å². The van der Waals surface area contributed by atoms with Gasteiger partial charge in [-0.25, -0.2) is 0 Å². The standard InChI is InChI=1S/C9H9N3/c1-2-9(11-5-1)12-8-3-6-10-7-4-8/h1-7,11H,(H,10,12). The second-order valence-corrected chi connectivity index (χ2v) is 2.44. The fourth-order valence-electron chi connectivity index (χ4n) is 0.999. The molecule has 2 aromatic rings. The van der Waals surface area contributed by atoms with Gasteiger partial charge in [-0.15, -0.1) is 0 Å². The lowest BCUT2D eigenvalue weighted by Crippen LogP contribution is -1.89. The van der Waals surface area contributed by atoms with Crippen molar-refractivity contribution < 1.29 is 0 Å². The maximum atomic E-state index is 3.92. The van der Waals surface area contributed by atoms with Crippen LogP contribution in [0.4, 0.5) is 11.5 Å². The van der Waals surface area contributed by atoms with E-state index in [1.807, 2.05) is 30.5 Å². The van der Waals surface area contributed by atoms with Crippen LogP contribution in [0.25, 0.3) is 0 Å². The number of nitrogens with one attached hydrogen (secondary N) is 2. The first-order chi connectivity index (χ1) is 5.95. The van der Waals surface area contributed by atoms with Crippen molar-refractivity contribution in [3.63, 3.8) is 0 Å². The summed E-state index contributed by atoms with van der Waals surface area (Å²) in [4.78, 5) is 6.98. The number of aromatic amines is 1. The molecule has 3 nitrogen and oxygen atoms in total. The van der Waals surface area contributed by atoms with E-state index in [0.717, 1.165) is 11.5 Å². The lowest BCUT2D eigenvalue weighted by Gasteiger charge is -2.01. The molecule has 0 bridgehead atoms. The van der Waals surface area contributed by atoms with Crippen LogP contribution < -0.4 is 5.32 Å². The van der Waals surface area contributed by atoms with Gasteiger partial charge < -0.3 is 10.3 Å². The largest absolute Gasteiger partial charge is 0.348 e. The first-order valence-electron chi connectivity index (χ1n) is 3.75. The Morgan fingerprint density at radius 1 is 1.17 bits per heavy atom.